The van der Waals surface area contributed by atoms with Gasteiger partial charge in [-0.3, -0.25) is 4.31 Å². The number of hydrogen-bond acceptors (Lipinski definition) is 4. The number of nitrogens with zero attached hydrogens (tertiary/aromatic N) is 1. The van der Waals surface area contributed by atoms with Crippen LogP contribution in [0.3, 0.4) is 0 Å². The number of sulfonamides is 1. The van der Waals surface area contributed by atoms with Crippen LogP contribution in [0.5, 0.6) is 5.75 Å². The molecule has 0 aliphatic carbocycles. The van der Waals surface area contributed by atoms with E-state index in [1.165, 1.54) is 22.5 Å². The largest absolute Gasteiger partial charge is 0.491 e. The number of nitrogen functional groups attached to an aromatic ring is 1. The van der Waals surface area contributed by atoms with E-state index in [-0.39, 0.29) is 10.6 Å². The second-order valence-corrected chi connectivity index (χ2v) is 7.20. The molecule has 22 heavy (non-hydrogen) atoms. The average molecular weight is 339 g/mol. The van der Waals surface area contributed by atoms with Crippen molar-refractivity contribution in [3.63, 3.8) is 0 Å². The van der Waals surface area contributed by atoms with Gasteiger partial charge < -0.3 is 10.5 Å². The van der Waals surface area contributed by atoms with Crippen molar-refractivity contribution in [1.29, 1.82) is 0 Å². The fraction of sp³-hybridized carbons (Fsp3) is 0.200. The molecule has 2 aromatic carbocycles. The molecular formula is C15H15ClN2O3S. The zero-order valence-electron chi connectivity index (χ0n) is 11.7. The Hall–Kier alpha value is -1.92. The molecule has 2 N–H and O–H groups in total. The number of ether oxygens (including phenoxy) is 1. The van der Waals surface area contributed by atoms with Crippen LogP contribution in [0.15, 0.2) is 47.4 Å². The van der Waals surface area contributed by atoms with Crippen molar-refractivity contribution in [1.82, 2.24) is 0 Å². The zero-order chi connectivity index (χ0) is 15.7. The molecule has 0 atom stereocenters. The molecular weight excluding hydrogens is 324 g/mol. The maximum atomic E-state index is 12.9. The predicted molar refractivity (Wildman–Crippen MR) is 87.0 cm³/mol. The van der Waals surface area contributed by atoms with Crippen LogP contribution in [-0.4, -0.2) is 21.6 Å². The number of rotatable bonds is 2. The van der Waals surface area contributed by atoms with Gasteiger partial charge in [0.05, 0.1) is 27.9 Å². The molecule has 1 aliphatic rings. The van der Waals surface area contributed by atoms with Crippen molar-refractivity contribution in [3.05, 3.63) is 47.5 Å². The Morgan fingerprint density at radius 3 is 2.73 bits per heavy atom. The van der Waals surface area contributed by atoms with Crippen LogP contribution in [0, 0.1) is 0 Å². The Morgan fingerprint density at radius 1 is 1.18 bits per heavy atom. The van der Waals surface area contributed by atoms with Crippen LogP contribution in [0.4, 0.5) is 11.4 Å². The fourth-order valence-electron chi connectivity index (χ4n) is 2.36. The van der Waals surface area contributed by atoms with E-state index in [1.807, 2.05) is 6.07 Å². The predicted octanol–water partition coefficient (Wildman–Crippen LogP) is 2.90. The van der Waals surface area contributed by atoms with Gasteiger partial charge >= 0.3 is 0 Å². The first-order chi connectivity index (χ1) is 10.5. The van der Waals surface area contributed by atoms with Gasteiger partial charge in [0.25, 0.3) is 10.0 Å². The van der Waals surface area contributed by atoms with E-state index in [0.29, 0.717) is 36.0 Å². The third-order valence-corrected chi connectivity index (χ3v) is 5.61. The Balaban J connectivity index is 2.10. The molecule has 0 amide bonds. The molecule has 116 valence electrons. The lowest BCUT2D eigenvalue weighted by Crippen LogP contribution is -2.31. The van der Waals surface area contributed by atoms with E-state index >= 15 is 0 Å². The van der Waals surface area contributed by atoms with Crippen LogP contribution in [0.2, 0.25) is 5.02 Å². The monoisotopic (exact) mass is 338 g/mol. The molecule has 0 saturated heterocycles. The number of para-hydroxylation sites is 2. The summed E-state index contributed by atoms with van der Waals surface area (Å²) >= 11 is 5.87. The molecule has 7 heteroatoms. The van der Waals surface area contributed by atoms with Crippen LogP contribution in [0.25, 0.3) is 0 Å². The molecule has 0 bridgehead atoms. The summed E-state index contributed by atoms with van der Waals surface area (Å²) in [6.45, 7) is 0.827. The lowest BCUT2D eigenvalue weighted by atomic mass is 10.3. The topological polar surface area (TPSA) is 72.6 Å². The van der Waals surface area contributed by atoms with E-state index in [1.54, 1.807) is 18.2 Å². The smallest absolute Gasteiger partial charge is 0.264 e. The first-order valence-electron chi connectivity index (χ1n) is 6.80. The fourth-order valence-corrected chi connectivity index (χ4v) is 4.02. The van der Waals surface area contributed by atoms with E-state index in [2.05, 4.69) is 0 Å². The van der Waals surface area contributed by atoms with Gasteiger partial charge in [0.2, 0.25) is 0 Å². The quantitative estimate of drug-likeness (QED) is 0.854. The number of anilines is 2. The highest BCUT2D eigenvalue weighted by Crippen LogP contribution is 2.35. The second kappa shape index (κ2) is 5.70. The van der Waals surface area contributed by atoms with E-state index in [9.17, 15) is 8.42 Å². The maximum Gasteiger partial charge on any atom is 0.264 e. The Morgan fingerprint density at radius 2 is 1.95 bits per heavy atom. The molecule has 0 unspecified atom stereocenters. The number of benzene rings is 2. The molecule has 0 saturated carbocycles. The highest BCUT2D eigenvalue weighted by Gasteiger charge is 2.29. The standard InChI is InChI=1S/C15H15ClN2O3S/c16-12-7-6-11(10-13(12)17)22(19,20)18-8-3-9-21-15-5-2-1-4-14(15)18/h1-2,4-7,10H,3,8-9,17H2. The maximum absolute atomic E-state index is 12.9. The molecule has 0 aromatic heterocycles. The summed E-state index contributed by atoms with van der Waals surface area (Å²) in [5.41, 5.74) is 6.51. The molecule has 5 nitrogen and oxygen atoms in total. The van der Waals surface area contributed by atoms with Gasteiger partial charge in [-0.1, -0.05) is 23.7 Å². The van der Waals surface area contributed by atoms with Crippen LogP contribution in [-0.2, 0) is 10.0 Å². The van der Waals surface area contributed by atoms with Gasteiger partial charge in [0.15, 0.2) is 0 Å². The van der Waals surface area contributed by atoms with Gasteiger partial charge in [-0.25, -0.2) is 8.42 Å². The van der Waals surface area contributed by atoms with Gasteiger partial charge in [-0.15, -0.1) is 0 Å². The highest BCUT2D eigenvalue weighted by atomic mass is 35.5. The Kier molecular flexibility index (Phi) is 3.88. The highest BCUT2D eigenvalue weighted by molar-refractivity contribution is 7.92. The summed E-state index contributed by atoms with van der Waals surface area (Å²) in [7, 11) is -3.72. The van der Waals surface area contributed by atoms with Crippen molar-refractivity contribution in [3.8, 4) is 5.75 Å². The zero-order valence-corrected chi connectivity index (χ0v) is 13.3. The van der Waals surface area contributed by atoms with Crippen molar-refractivity contribution in [2.75, 3.05) is 23.2 Å². The molecule has 3 rings (SSSR count). The van der Waals surface area contributed by atoms with Gasteiger partial charge in [0.1, 0.15) is 5.75 Å². The third-order valence-electron chi connectivity index (χ3n) is 3.45. The van der Waals surface area contributed by atoms with E-state index < -0.39 is 10.0 Å². The number of halogens is 1. The molecule has 1 aliphatic heterocycles. The van der Waals surface area contributed by atoms with Crippen molar-refractivity contribution < 1.29 is 13.2 Å². The molecule has 1 heterocycles. The van der Waals surface area contributed by atoms with Crippen LogP contribution < -0.4 is 14.8 Å². The normalized spacial score (nSPS) is 14.9. The minimum atomic E-state index is -3.72. The molecule has 2 aromatic rings. The second-order valence-electron chi connectivity index (χ2n) is 4.93. The van der Waals surface area contributed by atoms with Crippen molar-refractivity contribution in [2.24, 2.45) is 0 Å². The van der Waals surface area contributed by atoms with Crippen LogP contribution in [0.1, 0.15) is 6.42 Å². The first-order valence-corrected chi connectivity index (χ1v) is 8.61. The first kappa shape index (κ1) is 15.0. The molecule has 0 fully saturated rings. The summed E-state index contributed by atoms with van der Waals surface area (Å²) in [5, 5.41) is 0.332. The molecule has 0 radical (unpaired) electrons. The molecule has 0 spiro atoms. The van der Waals surface area contributed by atoms with Crippen molar-refractivity contribution in [2.45, 2.75) is 11.3 Å². The van der Waals surface area contributed by atoms with Gasteiger partial charge in [-0.05, 0) is 30.3 Å². The summed E-state index contributed by atoms with van der Waals surface area (Å²) in [4.78, 5) is 0.117. The SMILES string of the molecule is Nc1cc(S(=O)(=O)N2CCCOc3ccccc32)ccc1Cl. The van der Waals surface area contributed by atoms with E-state index in [4.69, 9.17) is 22.1 Å². The Labute approximate surface area is 134 Å². The Bertz CT molecular complexity index is 808. The van der Waals surface area contributed by atoms with Gasteiger partial charge in [0, 0.05) is 13.0 Å². The number of fused-ring (bicyclic) bond motifs is 1. The lowest BCUT2D eigenvalue weighted by Gasteiger charge is -2.23. The summed E-state index contributed by atoms with van der Waals surface area (Å²) in [6, 6.07) is 11.4. The van der Waals surface area contributed by atoms with Gasteiger partial charge in [-0.2, -0.15) is 0 Å². The summed E-state index contributed by atoms with van der Waals surface area (Å²) in [6.07, 6.45) is 0.608. The van der Waals surface area contributed by atoms with Crippen LogP contribution >= 0.6 is 11.6 Å². The number of hydrogen-bond donors (Lipinski definition) is 1. The lowest BCUT2D eigenvalue weighted by molar-refractivity contribution is 0.322. The number of nitrogens with two attached hydrogens (primary N) is 1. The minimum absolute atomic E-state index is 0.117. The third kappa shape index (κ3) is 2.60. The summed E-state index contributed by atoms with van der Waals surface area (Å²) in [5.74, 6) is 0.561. The summed E-state index contributed by atoms with van der Waals surface area (Å²) < 4.78 is 32.8. The van der Waals surface area contributed by atoms with Crippen molar-refractivity contribution >= 4 is 33.0 Å². The minimum Gasteiger partial charge on any atom is -0.491 e. The average Bonchev–Trinajstić information content (AvgIpc) is 2.72. The van der Waals surface area contributed by atoms with E-state index in [0.717, 1.165) is 0 Å².